The zero-order valence-corrected chi connectivity index (χ0v) is 12.7. The molecule has 7 heteroatoms. The van der Waals surface area contributed by atoms with E-state index in [0.29, 0.717) is 37.2 Å². The summed E-state index contributed by atoms with van der Waals surface area (Å²) in [6.45, 7) is 1.20. The molecule has 1 saturated heterocycles. The second-order valence-corrected chi connectivity index (χ2v) is 7.02. The second kappa shape index (κ2) is 6.62. The molecule has 110 valence electrons. The van der Waals surface area contributed by atoms with Crippen LogP contribution in [0.15, 0.2) is 24.3 Å². The molecule has 1 aliphatic rings. The molecule has 1 aliphatic heterocycles. The molecule has 0 bridgehead atoms. The Morgan fingerprint density at radius 1 is 1.40 bits per heavy atom. The monoisotopic (exact) mass is 314 g/mol. The summed E-state index contributed by atoms with van der Waals surface area (Å²) in [5.41, 5.74) is 6.90. The molecule has 0 amide bonds. The number of nitrogens with two attached hydrogens (primary N) is 1. The summed E-state index contributed by atoms with van der Waals surface area (Å²) in [5.74, 6) is -0.0686. The lowest BCUT2D eigenvalue weighted by atomic mass is 10.1. The first-order chi connectivity index (χ1) is 9.46. The Labute approximate surface area is 124 Å². The molecule has 2 rings (SSSR count). The standard InChI is InChI=1S/C13H18N2O3S2/c14-13(19)11-3-1-2-10(8-11)9-20(16,17)15-12-4-6-18-7-5-12/h1-3,8,12,15H,4-7,9H2,(H2,14,19). The van der Waals surface area contributed by atoms with Gasteiger partial charge in [-0.3, -0.25) is 0 Å². The first-order valence-corrected chi connectivity index (χ1v) is 8.49. The average molecular weight is 314 g/mol. The lowest BCUT2D eigenvalue weighted by molar-refractivity contribution is 0.0832. The van der Waals surface area contributed by atoms with Crippen LogP contribution in [-0.2, 0) is 20.5 Å². The van der Waals surface area contributed by atoms with Gasteiger partial charge in [-0.2, -0.15) is 0 Å². The maximum absolute atomic E-state index is 12.1. The van der Waals surface area contributed by atoms with E-state index in [-0.39, 0.29) is 16.8 Å². The Bertz CT molecular complexity index is 581. The predicted molar refractivity (Wildman–Crippen MR) is 81.9 cm³/mol. The number of hydrogen-bond donors (Lipinski definition) is 2. The van der Waals surface area contributed by atoms with Crippen LogP contribution in [0.2, 0.25) is 0 Å². The summed E-state index contributed by atoms with van der Waals surface area (Å²) in [6.07, 6.45) is 1.43. The van der Waals surface area contributed by atoms with Gasteiger partial charge in [0.2, 0.25) is 10.0 Å². The lowest BCUT2D eigenvalue weighted by Crippen LogP contribution is -2.39. The van der Waals surface area contributed by atoms with E-state index in [9.17, 15) is 8.42 Å². The van der Waals surface area contributed by atoms with Crippen molar-refractivity contribution in [2.75, 3.05) is 13.2 Å². The minimum atomic E-state index is -3.37. The molecule has 0 spiro atoms. The molecule has 1 aromatic carbocycles. The molecule has 3 N–H and O–H groups in total. The Hall–Kier alpha value is -1.02. The van der Waals surface area contributed by atoms with Gasteiger partial charge in [0, 0.05) is 24.8 Å². The van der Waals surface area contributed by atoms with Crippen molar-refractivity contribution in [3.05, 3.63) is 35.4 Å². The molecule has 0 atom stereocenters. The summed E-state index contributed by atoms with van der Waals surface area (Å²) >= 11 is 4.89. The van der Waals surface area contributed by atoms with E-state index < -0.39 is 10.0 Å². The van der Waals surface area contributed by atoms with Crippen molar-refractivity contribution in [1.29, 1.82) is 0 Å². The van der Waals surface area contributed by atoms with E-state index in [2.05, 4.69) is 4.72 Å². The molecule has 0 unspecified atom stereocenters. The second-order valence-electron chi connectivity index (χ2n) is 4.83. The number of thiocarbonyl (C=S) groups is 1. The molecule has 0 aromatic heterocycles. The van der Waals surface area contributed by atoms with Crippen LogP contribution in [-0.4, -0.2) is 32.7 Å². The Kier molecular flexibility index (Phi) is 5.09. The first-order valence-electron chi connectivity index (χ1n) is 6.43. The predicted octanol–water partition coefficient (Wildman–Crippen LogP) is 0.919. The van der Waals surface area contributed by atoms with Gasteiger partial charge in [-0.05, 0) is 24.5 Å². The number of benzene rings is 1. The molecule has 20 heavy (non-hydrogen) atoms. The summed E-state index contributed by atoms with van der Waals surface area (Å²) in [6, 6.07) is 6.96. The van der Waals surface area contributed by atoms with Crippen molar-refractivity contribution < 1.29 is 13.2 Å². The topological polar surface area (TPSA) is 81.4 Å². The maximum atomic E-state index is 12.1. The van der Waals surface area contributed by atoms with Gasteiger partial charge >= 0.3 is 0 Å². The van der Waals surface area contributed by atoms with Gasteiger partial charge < -0.3 is 10.5 Å². The van der Waals surface area contributed by atoms with Crippen LogP contribution in [0, 0.1) is 0 Å². The molecule has 0 aliphatic carbocycles. The molecule has 1 aromatic rings. The maximum Gasteiger partial charge on any atom is 0.216 e. The molecule has 1 heterocycles. The van der Waals surface area contributed by atoms with E-state index >= 15 is 0 Å². The van der Waals surface area contributed by atoms with Crippen molar-refractivity contribution in [1.82, 2.24) is 4.72 Å². The van der Waals surface area contributed by atoms with Crippen molar-refractivity contribution in [3.63, 3.8) is 0 Å². The highest BCUT2D eigenvalue weighted by atomic mass is 32.2. The van der Waals surface area contributed by atoms with E-state index in [1.165, 1.54) is 0 Å². The summed E-state index contributed by atoms with van der Waals surface area (Å²) in [5, 5.41) is 0. The average Bonchev–Trinajstić information content (AvgIpc) is 2.39. The molecule has 0 saturated carbocycles. The molecule has 5 nitrogen and oxygen atoms in total. The summed E-state index contributed by atoms with van der Waals surface area (Å²) in [4.78, 5) is 0.265. The number of rotatable bonds is 5. The van der Waals surface area contributed by atoms with E-state index in [4.69, 9.17) is 22.7 Å². The quantitative estimate of drug-likeness (QED) is 0.790. The smallest absolute Gasteiger partial charge is 0.216 e. The third-order valence-corrected chi connectivity index (χ3v) is 4.78. The largest absolute Gasteiger partial charge is 0.389 e. The summed E-state index contributed by atoms with van der Waals surface area (Å²) < 4.78 is 32.2. The first kappa shape index (κ1) is 15.4. The van der Waals surface area contributed by atoms with Gasteiger partial charge in [0.05, 0.1) is 5.75 Å². The van der Waals surface area contributed by atoms with Gasteiger partial charge in [-0.1, -0.05) is 30.4 Å². The highest BCUT2D eigenvalue weighted by molar-refractivity contribution is 7.88. The van der Waals surface area contributed by atoms with Crippen molar-refractivity contribution in [2.24, 2.45) is 5.73 Å². The van der Waals surface area contributed by atoms with Gasteiger partial charge in [-0.15, -0.1) is 0 Å². The third kappa shape index (κ3) is 4.52. The van der Waals surface area contributed by atoms with Crippen LogP contribution in [0.25, 0.3) is 0 Å². The van der Waals surface area contributed by atoms with Crippen molar-refractivity contribution >= 4 is 27.2 Å². The molecule has 0 radical (unpaired) electrons. The number of nitrogens with one attached hydrogen (secondary N) is 1. The fourth-order valence-corrected chi connectivity index (χ4v) is 3.72. The minimum absolute atomic E-state index is 0.0347. The Balaban J connectivity index is 2.03. The van der Waals surface area contributed by atoms with Gasteiger partial charge in [0.25, 0.3) is 0 Å². The molecule has 1 fully saturated rings. The fourth-order valence-electron chi connectivity index (χ4n) is 2.14. The van der Waals surface area contributed by atoms with Gasteiger partial charge in [0.15, 0.2) is 0 Å². The third-order valence-electron chi connectivity index (χ3n) is 3.14. The van der Waals surface area contributed by atoms with E-state index in [0.717, 1.165) is 0 Å². The van der Waals surface area contributed by atoms with Crippen LogP contribution in [0.5, 0.6) is 0 Å². The van der Waals surface area contributed by atoms with Crippen LogP contribution in [0.3, 0.4) is 0 Å². The number of hydrogen-bond acceptors (Lipinski definition) is 4. The minimum Gasteiger partial charge on any atom is -0.389 e. The van der Waals surface area contributed by atoms with E-state index in [1.54, 1.807) is 24.3 Å². The summed E-state index contributed by atoms with van der Waals surface area (Å²) in [7, 11) is -3.37. The Morgan fingerprint density at radius 3 is 2.75 bits per heavy atom. The number of sulfonamides is 1. The SMILES string of the molecule is NC(=S)c1cccc(CS(=O)(=O)NC2CCOCC2)c1. The van der Waals surface area contributed by atoms with Crippen LogP contribution >= 0.6 is 12.2 Å². The van der Waals surface area contributed by atoms with Crippen LogP contribution < -0.4 is 10.5 Å². The number of ether oxygens (including phenoxy) is 1. The van der Waals surface area contributed by atoms with Gasteiger partial charge in [-0.25, -0.2) is 13.1 Å². The van der Waals surface area contributed by atoms with Crippen LogP contribution in [0.4, 0.5) is 0 Å². The Morgan fingerprint density at radius 2 is 2.10 bits per heavy atom. The zero-order valence-electron chi connectivity index (χ0n) is 11.0. The van der Waals surface area contributed by atoms with Gasteiger partial charge in [0.1, 0.15) is 4.99 Å². The molecular formula is C13H18N2O3S2. The van der Waals surface area contributed by atoms with Crippen LogP contribution in [0.1, 0.15) is 24.0 Å². The van der Waals surface area contributed by atoms with E-state index in [1.807, 2.05) is 0 Å². The normalized spacial score (nSPS) is 17.0. The highest BCUT2D eigenvalue weighted by Gasteiger charge is 2.20. The zero-order chi connectivity index (χ0) is 14.6. The highest BCUT2D eigenvalue weighted by Crippen LogP contribution is 2.12. The fraction of sp³-hybridized carbons (Fsp3) is 0.462. The van der Waals surface area contributed by atoms with Crippen molar-refractivity contribution in [3.8, 4) is 0 Å². The molecular weight excluding hydrogens is 296 g/mol. The van der Waals surface area contributed by atoms with Crippen molar-refractivity contribution in [2.45, 2.75) is 24.6 Å². The lowest BCUT2D eigenvalue weighted by Gasteiger charge is -2.23.